The van der Waals surface area contributed by atoms with Crippen LogP contribution in [-0.4, -0.2) is 57.0 Å². The fourth-order valence-electron chi connectivity index (χ4n) is 3.23. The van der Waals surface area contributed by atoms with Crippen LogP contribution in [0.3, 0.4) is 0 Å². The predicted molar refractivity (Wildman–Crippen MR) is 115 cm³/mol. The minimum absolute atomic E-state index is 0.161. The van der Waals surface area contributed by atoms with Crippen molar-refractivity contribution >= 4 is 27.3 Å². The van der Waals surface area contributed by atoms with Crippen LogP contribution in [0.4, 0.5) is 0 Å². The summed E-state index contributed by atoms with van der Waals surface area (Å²) in [6, 6.07) is 12.0. The molecular weight excluding hydrogens is 412 g/mol. The lowest BCUT2D eigenvalue weighted by molar-refractivity contribution is 0.195. The normalized spacial score (nSPS) is 14.7. The summed E-state index contributed by atoms with van der Waals surface area (Å²) in [5.41, 5.74) is 1.70. The van der Waals surface area contributed by atoms with Crippen LogP contribution in [0, 0.1) is 0 Å². The van der Waals surface area contributed by atoms with Crippen molar-refractivity contribution in [2.75, 3.05) is 32.8 Å². The van der Waals surface area contributed by atoms with Gasteiger partial charge in [0.15, 0.2) is 0 Å². The van der Waals surface area contributed by atoms with Crippen molar-refractivity contribution < 1.29 is 18.3 Å². The Morgan fingerprint density at radius 1 is 1.10 bits per heavy atom. The molecule has 6 nitrogen and oxygen atoms in total. The summed E-state index contributed by atoms with van der Waals surface area (Å²) in [7, 11) is -3.75. The number of aliphatic hydroxyl groups excluding tert-OH is 1. The molecule has 29 heavy (non-hydrogen) atoms. The van der Waals surface area contributed by atoms with Gasteiger partial charge in [0.1, 0.15) is 10.6 Å². The van der Waals surface area contributed by atoms with Crippen LogP contribution in [0.15, 0.2) is 51.8 Å². The van der Waals surface area contributed by atoms with E-state index < -0.39 is 10.0 Å². The molecule has 8 heteroatoms. The molecule has 0 radical (unpaired) electrons. The average Bonchev–Trinajstić information content (AvgIpc) is 2.98. The number of sulfonamides is 1. The molecule has 1 N–H and O–H groups in total. The Bertz CT molecular complexity index is 975. The van der Waals surface area contributed by atoms with Gasteiger partial charge in [-0.2, -0.15) is 12.8 Å². The lowest BCUT2D eigenvalue weighted by Crippen LogP contribution is -2.27. The highest BCUT2D eigenvalue weighted by Crippen LogP contribution is 2.32. The summed E-state index contributed by atoms with van der Waals surface area (Å²) in [5, 5.41) is 9.59. The van der Waals surface area contributed by atoms with Crippen LogP contribution in [-0.2, 0) is 10.0 Å². The molecule has 0 saturated heterocycles. The van der Waals surface area contributed by atoms with Crippen molar-refractivity contribution in [1.29, 1.82) is 0 Å². The summed E-state index contributed by atoms with van der Waals surface area (Å²) in [6.45, 7) is 5.21. The number of rotatable bonds is 10. The van der Waals surface area contributed by atoms with E-state index in [0.717, 1.165) is 25.9 Å². The number of fused-ring (bicyclic) bond motifs is 1. The molecule has 0 bridgehead atoms. The number of unbranched alkanes of at least 4 members (excludes halogenated alkanes) is 1. The Morgan fingerprint density at radius 3 is 2.55 bits per heavy atom. The number of hydrogen-bond donors (Lipinski definition) is 1. The number of halogens is 1. The van der Waals surface area contributed by atoms with E-state index >= 15 is 0 Å². The molecule has 0 aromatic heterocycles. The lowest BCUT2D eigenvalue weighted by Gasteiger charge is -2.18. The molecule has 1 heterocycles. The van der Waals surface area contributed by atoms with Crippen LogP contribution in [0.1, 0.15) is 30.9 Å². The van der Waals surface area contributed by atoms with Crippen LogP contribution in [0.25, 0.3) is 0 Å². The topological polar surface area (TPSA) is 79.2 Å². The predicted octanol–water partition coefficient (Wildman–Crippen LogP) is 3.35. The van der Waals surface area contributed by atoms with Gasteiger partial charge in [-0.1, -0.05) is 30.7 Å². The highest BCUT2D eigenvalue weighted by Gasteiger charge is 2.30. The largest absolute Gasteiger partial charge is 0.494 e. The van der Waals surface area contributed by atoms with Crippen molar-refractivity contribution in [2.45, 2.75) is 24.7 Å². The second kappa shape index (κ2) is 9.71. The van der Waals surface area contributed by atoms with Crippen molar-refractivity contribution in [3.63, 3.8) is 0 Å². The smallest absolute Gasteiger partial charge is 0.283 e. The first-order chi connectivity index (χ1) is 13.9. The maximum Gasteiger partial charge on any atom is 0.283 e. The third kappa shape index (κ3) is 5.36. The molecule has 0 spiro atoms. The zero-order valence-corrected chi connectivity index (χ0v) is 17.9. The highest BCUT2D eigenvalue weighted by molar-refractivity contribution is 7.90. The minimum atomic E-state index is -3.75. The summed E-state index contributed by atoms with van der Waals surface area (Å²) in [5.74, 6) is 0.516. The van der Waals surface area contributed by atoms with Gasteiger partial charge in [-0.05, 0) is 50.2 Å². The molecule has 0 amide bonds. The van der Waals surface area contributed by atoms with E-state index in [2.05, 4.69) is 16.2 Å². The fraction of sp³-hybridized carbons (Fsp3) is 0.381. The number of ether oxygens (including phenoxy) is 1. The zero-order valence-electron chi connectivity index (χ0n) is 16.3. The summed E-state index contributed by atoms with van der Waals surface area (Å²) in [4.78, 5) is 2.34. The molecule has 3 rings (SSSR count). The molecule has 0 unspecified atom stereocenters. The first-order valence-corrected chi connectivity index (χ1v) is 11.5. The molecule has 156 valence electrons. The molecule has 0 aliphatic carbocycles. The molecule has 1 aliphatic heterocycles. The van der Waals surface area contributed by atoms with Gasteiger partial charge in [0.2, 0.25) is 0 Å². The van der Waals surface area contributed by atoms with Crippen molar-refractivity contribution in [1.82, 2.24) is 4.90 Å². The SMILES string of the molecule is CCN(CCO)CCCCOc1ccc2c(c1)S(=O)(=O)N=C2c1ccc(Cl)cc1. The second-order valence-electron chi connectivity index (χ2n) is 6.79. The van der Waals surface area contributed by atoms with E-state index in [0.29, 0.717) is 40.8 Å². The van der Waals surface area contributed by atoms with Gasteiger partial charge in [-0.25, -0.2) is 0 Å². The molecule has 2 aromatic rings. The highest BCUT2D eigenvalue weighted by atomic mass is 35.5. The lowest BCUT2D eigenvalue weighted by atomic mass is 10.0. The van der Waals surface area contributed by atoms with Gasteiger partial charge in [0, 0.05) is 28.8 Å². The molecule has 2 aromatic carbocycles. The van der Waals surface area contributed by atoms with Gasteiger partial charge in [-0.3, -0.25) is 0 Å². The number of nitrogens with zero attached hydrogens (tertiary/aromatic N) is 2. The number of likely N-dealkylation sites (N-methyl/N-ethyl adjacent to an activating group) is 1. The van der Waals surface area contributed by atoms with Gasteiger partial charge < -0.3 is 14.7 Å². The first-order valence-electron chi connectivity index (χ1n) is 9.66. The van der Waals surface area contributed by atoms with E-state index in [-0.39, 0.29) is 11.5 Å². The molecule has 0 atom stereocenters. The molecule has 0 saturated carbocycles. The zero-order chi connectivity index (χ0) is 20.9. The Morgan fingerprint density at radius 2 is 1.86 bits per heavy atom. The molecular formula is C21H25ClN2O4S. The Hall–Kier alpha value is -1.93. The van der Waals surface area contributed by atoms with Crippen LogP contribution >= 0.6 is 11.6 Å². The minimum Gasteiger partial charge on any atom is -0.494 e. The second-order valence-corrected chi connectivity index (χ2v) is 8.80. The van der Waals surface area contributed by atoms with Crippen molar-refractivity contribution in [3.05, 3.63) is 58.6 Å². The van der Waals surface area contributed by atoms with E-state index in [1.807, 2.05) is 0 Å². The Kier molecular flexibility index (Phi) is 7.29. The van der Waals surface area contributed by atoms with Gasteiger partial charge in [0.25, 0.3) is 10.0 Å². The third-order valence-electron chi connectivity index (χ3n) is 4.82. The first kappa shape index (κ1) is 21.8. The molecule has 1 aliphatic rings. The van der Waals surface area contributed by atoms with Crippen LogP contribution in [0.2, 0.25) is 5.02 Å². The molecule has 0 fully saturated rings. The van der Waals surface area contributed by atoms with E-state index in [1.165, 1.54) is 0 Å². The van der Waals surface area contributed by atoms with Crippen LogP contribution in [0.5, 0.6) is 5.75 Å². The quantitative estimate of drug-likeness (QED) is 0.578. The van der Waals surface area contributed by atoms with E-state index in [9.17, 15) is 8.42 Å². The monoisotopic (exact) mass is 436 g/mol. The summed E-state index contributed by atoms with van der Waals surface area (Å²) < 4.78 is 34.7. The number of aliphatic hydroxyl groups is 1. The van der Waals surface area contributed by atoms with Crippen LogP contribution < -0.4 is 4.74 Å². The van der Waals surface area contributed by atoms with Gasteiger partial charge >= 0.3 is 0 Å². The number of hydrogen-bond acceptors (Lipinski definition) is 5. The maximum absolute atomic E-state index is 12.5. The third-order valence-corrected chi connectivity index (χ3v) is 6.38. The van der Waals surface area contributed by atoms with Crippen molar-refractivity contribution in [2.24, 2.45) is 4.40 Å². The Balaban J connectivity index is 1.64. The van der Waals surface area contributed by atoms with E-state index in [1.54, 1.807) is 42.5 Å². The van der Waals surface area contributed by atoms with E-state index in [4.69, 9.17) is 21.4 Å². The summed E-state index contributed by atoms with van der Waals surface area (Å²) in [6.07, 6.45) is 1.79. The number of benzene rings is 2. The standard InChI is InChI=1S/C21H25ClN2O4S/c1-2-24(12-13-25)11-3-4-14-28-18-9-10-19-20(15-18)29(26,27)23-21(19)16-5-7-17(22)8-6-16/h5-10,15,25H,2-4,11-14H2,1H3. The van der Waals surface area contributed by atoms with Crippen molar-refractivity contribution in [3.8, 4) is 5.75 Å². The summed E-state index contributed by atoms with van der Waals surface area (Å²) >= 11 is 5.92. The maximum atomic E-state index is 12.5. The average molecular weight is 437 g/mol. The Labute approximate surface area is 176 Å². The van der Waals surface area contributed by atoms with Gasteiger partial charge in [-0.15, -0.1) is 0 Å². The fourth-order valence-corrected chi connectivity index (χ4v) is 4.61. The van der Waals surface area contributed by atoms with Gasteiger partial charge in [0.05, 0.1) is 18.9 Å².